The third-order valence-corrected chi connectivity index (χ3v) is 4.23. The highest BCUT2D eigenvalue weighted by Gasteiger charge is 2.18. The molecule has 17 heavy (non-hydrogen) atoms. The predicted octanol–water partition coefficient (Wildman–Crippen LogP) is 2.77. The number of rotatable bonds is 3. The van der Waals surface area contributed by atoms with Crippen molar-refractivity contribution < 1.29 is 4.39 Å². The molecular formula is C13H18BrFN2. The van der Waals surface area contributed by atoms with Gasteiger partial charge in [0, 0.05) is 19.1 Å². The number of piperidine rings is 1. The van der Waals surface area contributed by atoms with Crippen molar-refractivity contribution in [3.8, 4) is 0 Å². The van der Waals surface area contributed by atoms with Crippen LogP contribution in [0, 0.1) is 5.82 Å². The topological polar surface area (TPSA) is 15.3 Å². The lowest BCUT2D eigenvalue weighted by atomic mass is 10.1. The first-order valence-electron chi connectivity index (χ1n) is 6.02. The molecule has 1 aliphatic rings. The van der Waals surface area contributed by atoms with E-state index in [1.165, 1.54) is 18.9 Å². The van der Waals surface area contributed by atoms with E-state index >= 15 is 0 Å². The lowest BCUT2D eigenvalue weighted by molar-refractivity contribution is 0.195. The molecular weight excluding hydrogens is 283 g/mol. The summed E-state index contributed by atoms with van der Waals surface area (Å²) in [5, 5.41) is 3.40. The SMILES string of the molecule is CN(Cc1cccc(F)c1Br)C1CCCNC1. The summed E-state index contributed by atoms with van der Waals surface area (Å²) in [5.41, 5.74) is 1.01. The number of nitrogens with one attached hydrogen (secondary N) is 1. The highest BCUT2D eigenvalue weighted by atomic mass is 79.9. The summed E-state index contributed by atoms with van der Waals surface area (Å²) in [5.74, 6) is -0.183. The van der Waals surface area contributed by atoms with Crippen LogP contribution in [0.5, 0.6) is 0 Å². The zero-order valence-electron chi connectivity index (χ0n) is 10.0. The Bertz CT molecular complexity index is 378. The van der Waals surface area contributed by atoms with Gasteiger partial charge in [0.15, 0.2) is 0 Å². The molecule has 1 heterocycles. The van der Waals surface area contributed by atoms with Gasteiger partial charge in [-0.1, -0.05) is 12.1 Å². The normalized spacial score (nSPS) is 20.8. The zero-order chi connectivity index (χ0) is 12.3. The van der Waals surface area contributed by atoms with Crippen molar-refractivity contribution in [2.24, 2.45) is 0 Å². The Morgan fingerprint density at radius 2 is 2.35 bits per heavy atom. The van der Waals surface area contributed by atoms with Gasteiger partial charge in [-0.25, -0.2) is 4.39 Å². The molecule has 2 rings (SSSR count). The Hall–Kier alpha value is -0.450. The second-order valence-corrected chi connectivity index (χ2v) is 5.42. The average molecular weight is 301 g/mol. The fourth-order valence-corrected chi connectivity index (χ4v) is 2.67. The molecule has 1 N–H and O–H groups in total. The lowest BCUT2D eigenvalue weighted by Gasteiger charge is -2.31. The highest BCUT2D eigenvalue weighted by Crippen LogP contribution is 2.22. The highest BCUT2D eigenvalue weighted by molar-refractivity contribution is 9.10. The fourth-order valence-electron chi connectivity index (χ4n) is 2.28. The third-order valence-electron chi connectivity index (χ3n) is 3.35. The van der Waals surface area contributed by atoms with Crippen LogP contribution in [0.1, 0.15) is 18.4 Å². The van der Waals surface area contributed by atoms with Gasteiger partial charge in [-0.05, 0) is 54.0 Å². The van der Waals surface area contributed by atoms with E-state index in [4.69, 9.17) is 0 Å². The van der Waals surface area contributed by atoms with Crippen molar-refractivity contribution in [1.82, 2.24) is 10.2 Å². The van der Waals surface area contributed by atoms with Gasteiger partial charge in [0.05, 0.1) is 4.47 Å². The smallest absolute Gasteiger partial charge is 0.137 e. The standard InChI is InChI=1S/C13H18BrFN2/c1-17(11-5-3-7-16-8-11)9-10-4-2-6-12(15)13(10)14/h2,4,6,11,16H,3,5,7-9H2,1H3. The van der Waals surface area contributed by atoms with E-state index in [9.17, 15) is 4.39 Å². The molecule has 0 bridgehead atoms. The summed E-state index contributed by atoms with van der Waals surface area (Å²) in [6.45, 7) is 2.93. The molecule has 1 aromatic rings. The minimum atomic E-state index is -0.183. The summed E-state index contributed by atoms with van der Waals surface area (Å²) >= 11 is 3.32. The van der Waals surface area contributed by atoms with Crippen molar-refractivity contribution in [2.45, 2.75) is 25.4 Å². The Morgan fingerprint density at radius 1 is 1.53 bits per heavy atom. The van der Waals surface area contributed by atoms with Crippen molar-refractivity contribution >= 4 is 15.9 Å². The van der Waals surface area contributed by atoms with Gasteiger partial charge in [0.2, 0.25) is 0 Å². The van der Waals surface area contributed by atoms with Gasteiger partial charge < -0.3 is 5.32 Å². The predicted molar refractivity (Wildman–Crippen MR) is 71.5 cm³/mol. The van der Waals surface area contributed by atoms with Gasteiger partial charge in [-0.15, -0.1) is 0 Å². The Morgan fingerprint density at radius 3 is 3.06 bits per heavy atom. The van der Waals surface area contributed by atoms with Crippen LogP contribution in [0.15, 0.2) is 22.7 Å². The number of benzene rings is 1. The van der Waals surface area contributed by atoms with Crippen molar-refractivity contribution in [3.63, 3.8) is 0 Å². The van der Waals surface area contributed by atoms with Crippen molar-refractivity contribution in [2.75, 3.05) is 20.1 Å². The zero-order valence-corrected chi connectivity index (χ0v) is 11.6. The van der Waals surface area contributed by atoms with Gasteiger partial charge >= 0.3 is 0 Å². The third kappa shape index (κ3) is 3.27. The van der Waals surface area contributed by atoms with E-state index < -0.39 is 0 Å². The molecule has 1 saturated heterocycles. The first kappa shape index (κ1) is 13.0. The summed E-state index contributed by atoms with van der Waals surface area (Å²) in [4.78, 5) is 2.30. The van der Waals surface area contributed by atoms with Crippen LogP contribution in [0.3, 0.4) is 0 Å². The molecule has 0 aromatic heterocycles. The second-order valence-electron chi connectivity index (χ2n) is 4.63. The molecule has 1 unspecified atom stereocenters. The maximum absolute atomic E-state index is 13.4. The minimum Gasteiger partial charge on any atom is -0.315 e. The van der Waals surface area contributed by atoms with E-state index in [1.54, 1.807) is 6.07 Å². The summed E-state index contributed by atoms with van der Waals surface area (Å²) in [7, 11) is 2.11. The number of halogens is 2. The largest absolute Gasteiger partial charge is 0.315 e. The van der Waals surface area contributed by atoms with Crippen LogP contribution in [-0.2, 0) is 6.54 Å². The molecule has 1 aromatic carbocycles. The second kappa shape index (κ2) is 5.94. The lowest BCUT2D eigenvalue weighted by Crippen LogP contribution is -2.43. The van der Waals surface area contributed by atoms with E-state index in [-0.39, 0.29) is 5.82 Å². The van der Waals surface area contributed by atoms with E-state index in [0.717, 1.165) is 25.2 Å². The Balaban J connectivity index is 2.01. The van der Waals surface area contributed by atoms with E-state index in [1.807, 2.05) is 6.07 Å². The number of nitrogens with zero attached hydrogens (tertiary/aromatic N) is 1. The van der Waals surface area contributed by atoms with Crippen LogP contribution >= 0.6 is 15.9 Å². The Kier molecular flexibility index (Phi) is 4.54. The molecule has 94 valence electrons. The number of hydrogen-bond acceptors (Lipinski definition) is 2. The van der Waals surface area contributed by atoms with Crippen LogP contribution in [0.4, 0.5) is 4.39 Å². The summed E-state index contributed by atoms with van der Waals surface area (Å²) < 4.78 is 14.0. The number of likely N-dealkylation sites (N-methyl/N-ethyl adjacent to an activating group) is 1. The fraction of sp³-hybridized carbons (Fsp3) is 0.538. The molecule has 2 nitrogen and oxygen atoms in total. The molecule has 1 aliphatic heterocycles. The first-order valence-corrected chi connectivity index (χ1v) is 6.81. The van der Waals surface area contributed by atoms with Gasteiger partial charge in [0.1, 0.15) is 5.82 Å². The van der Waals surface area contributed by atoms with E-state index in [0.29, 0.717) is 10.5 Å². The van der Waals surface area contributed by atoms with Crippen LogP contribution < -0.4 is 5.32 Å². The van der Waals surface area contributed by atoms with Gasteiger partial charge in [0.25, 0.3) is 0 Å². The molecule has 0 radical (unpaired) electrons. The molecule has 4 heteroatoms. The van der Waals surface area contributed by atoms with E-state index in [2.05, 4.69) is 33.2 Å². The quantitative estimate of drug-likeness (QED) is 0.923. The molecule has 1 atom stereocenters. The van der Waals surface area contributed by atoms with Crippen LogP contribution in [0.2, 0.25) is 0 Å². The first-order chi connectivity index (χ1) is 8.18. The Labute approximate surface area is 110 Å². The van der Waals surface area contributed by atoms with Crippen molar-refractivity contribution in [3.05, 3.63) is 34.1 Å². The van der Waals surface area contributed by atoms with Crippen LogP contribution in [-0.4, -0.2) is 31.1 Å². The molecule has 0 saturated carbocycles. The van der Waals surface area contributed by atoms with Crippen molar-refractivity contribution in [1.29, 1.82) is 0 Å². The van der Waals surface area contributed by atoms with Gasteiger partial charge in [-0.2, -0.15) is 0 Å². The van der Waals surface area contributed by atoms with Gasteiger partial charge in [-0.3, -0.25) is 4.90 Å². The molecule has 0 aliphatic carbocycles. The maximum Gasteiger partial charge on any atom is 0.137 e. The monoisotopic (exact) mass is 300 g/mol. The average Bonchev–Trinajstić information content (AvgIpc) is 2.36. The summed E-state index contributed by atoms with van der Waals surface area (Å²) in [6.07, 6.45) is 2.44. The molecule has 1 fully saturated rings. The van der Waals surface area contributed by atoms with Crippen LogP contribution in [0.25, 0.3) is 0 Å². The number of hydrogen-bond donors (Lipinski definition) is 1. The minimum absolute atomic E-state index is 0.183. The molecule has 0 spiro atoms. The summed E-state index contributed by atoms with van der Waals surface area (Å²) in [6, 6.07) is 5.77. The molecule has 0 amide bonds. The maximum atomic E-state index is 13.4.